The third-order valence-electron chi connectivity index (χ3n) is 4.13. The van der Waals surface area contributed by atoms with E-state index in [0.717, 1.165) is 15.9 Å². The standard InChI is InChI=1S/C19H20N4O4/c1-3-27-14-8-6-13(7-9-14)11-21-16(24)12-23-15-5-4-10-20-17(15)22(2)18(25)19(23)26/h4-10H,3,11-12H2,1-2H3,(H,21,24). The maximum atomic E-state index is 12.3. The van der Waals surface area contributed by atoms with Crippen molar-refractivity contribution >= 4 is 17.1 Å². The van der Waals surface area contributed by atoms with Gasteiger partial charge in [0.15, 0.2) is 5.65 Å². The molecule has 27 heavy (non-hydrogen) atoms. The van der Waals surface area contributed by atoms with Crippen LogP contribution in [0, 0.1) is 0 Å². The van der Waals surface area contributed by atoms with Gasteiger partial charge in [-0.2, -0.15) is 0 Å². The van der Waals surface area contributed by atoms with Crippen molar-refractivity contribution in [2.45, 2.75) is 20.0 Å². The second-order valence-electron chi connectivity index (χ2n) is 5.96. The summed E-state index contributed by atoms with van der Waals surface area (Å²) in [6.45, 7) is 2.55. The maximum absolute atomic E-state index is 12.3. The van der Waals surface area contributed by atoms with Gasteiger partial charge in [-0.25, -0.2) is 4.98 Å². The molecular formula is C19H20N4O4. The molecule has 0 atom stereocenters. The lowest BCUT2D eigenvalue weighted by atomic mass is 10.2. The van der Waals surface area contributed by atoms with E-state index >= 15 is 0 Å². The van der Waals surface area contributed by atoms with Crippen LogP contribution in [0.4, 0.5) is 0 Å². The topological polar surface area (TPSA) is 95.2 Å². The number of ether oxygens (including phenoxy) is 1. The molecular weight excluding hydrogens is 348 g/mol. The van der Waals surface area contributed by atoms with Gasteiger partial charge in [-0.15, -0.1) is 0 Å². The van der Waals surface area contributed by atoms with Crippen molar-refractivity contribution in [2.24, 2.45) is 7.05 Å². The number of rotatable bonds is 6. The van der Waals surface area contributed by atoms with Gasteiger partial charge in [0, 0.05) is 19.8 Å². The van der Waals surface area contributed by atoms with E-state index < -0.39 is 11.1 Å². The van der Waals surface area contributed by atoms with Gasteiger partial charge in [0.2, 0.25) is 5.91 Å². The maximum Gasteiger partial charge on any atom is 0.317 e. The largest absolute Gasteiger partial charge is 0.494 e. The SMILES string of the molecule is CCOc1ccc(CNC(=O)Cn2c(=O)c(=O)n(C)c3ncccc32)cc1. The highest BCUT2D eigenvalue weighted by Crippen LogP contribution is 2.12. The molecule has 1 N–H and O–H groups in total. The molecule has 8 heteroatoms. The fourth-order valence-corrected chi connectivity index (χ4v) is 2.75. The fourth-order valence-electron chi connectivity index (χ4n) is 2.75. The second-order valence-corrected chi connectivity index (χ2v) is 5.96. The molecule has 0 aliphatic rings. The molecule has 0 aliphatic heterocycles. The van der Waals surface area contributed by atoms with E-state index in [1.165, 1.54) is 17.8 Å². The zero-order chi connectivity index (χ0) is 19.4. The Bertz CT molecular complexity index is 1080. The minimum Gasteiger partial charge on any atom is -0.494 e. The summed E-state index contributed by atoms with van der Waals surface area (Å²) in [4.78, 5) is 40.9. The predicted octanol–water partition coefficient (Wildman–Crippen LogP) is 0.810. The van der Waals surface area contributed by atoms with Gasteiger partial charge in [-0.3, -0.25) is 23.5 Å². The van der Waals surface area contributed by atoms with Gasteiger partial charge in [0.1, 0.15) is 12.3 Å². The number of benzene rings is 1. The highest BCUT2D eigenvalue weighted by atomic mass is 16.5. The molecule has 3 rings (SSSR count). The molecule has 0 unspecified atom stereocenters. The number of aromatic nitrogens is 3. The van der Waals surface area contributed by atoms with E-state index in [2.05, 4.69) is 10.3 Å². The Morgan fingerprint density at radius 2 is 1.89 bits per heavy atom. The van der Waals surface area contributed by atoms with Crippen molar-refractivity contribution in [1.82, 2.24) is 19.4 Å². The van der Waals surface area contributed by atoms with E-state index in [1.54, 1.807) is 12.1 Å². The molecule has 0 bridgehead atoms. The smallest absolute Gasteiger partial charge is 0.317 e. The molecule has 2 aromatic heterocycles. The monoisotopic (exact) mass is 368 g/mol. The van der Waals surface area contributed by atoms with Crippen molar-refractivity contribution in [3.63, 3.8) is 0 Å². The Kier molecular flexibility index (Phi) is 5.35. The van der Waals surface area contributed by atoms with Crippen molar-refractivity contribution in [3.8, 4) is 5.75 Å². The molecule has 2 heterocycles. The summed E-state index contributed by atoms with van der Waals surface area (Å²) in [5, 5.41) is 2.76. The number of carbonyl (C=O) groups excluding carboxylic acids is 1. The molecule has 3 aromatic rings. The number of amides is 1. The van der Waals surface area contributed by atoms with E-state index in [4.69, 9.17) is 4.74 Å². The van der Waals surface area contributed by atoms with Crippen LogP contribution in [0.15, 0.2) is 52.2 Å². The molecule has 0 radical (unpaired) electrons. The summed E-state index contributed by atoms with van der Waals surface area (Å²) in [5.41, 5.74) is 0.201. The van der Waals surface area contributed by atoms with E-state index in [-0.39, 0.29) is 12.5 Å². The van der Waals surface area contributed by atoms with Gasteiger partial charge in [-0.1, -0.05) is 12.1 Å². The van der Waals surface area contributed by atoms with Gasteiger partial charge >= 0.3 is 11.1 Å². The summed E-state index contributed by atoms with van der Waals surface area (Å²) in [5.74, 6) is 0.391. The Hall–Kier alpha value is -3.42. The highest BCUT2D eigenvalue weighted by Gasteiger charge is 2.14. The summed E-state index contributed by atoms with van der Waals surface area (Å²) in [7, 11) is 1.48. The van der Waals surface area contributed by atoms with Crippen LogP contribution in [0.3, 0.4) is 0 Å². The Labute approximate surface area is 155 Å². The van der Waals surface area contributed by atoms with E-state index in [9.17, 15) is 14.4 Å². The predicted molar refractivity (Wildman–Crippen MR) is 101 cm³/mol. The molecule has 1 amide bonds. The summed E-state index contributed by atoms with van der Waals surface area (Å²) < 4.78 is 7.71. The van der Waals surface area contributed by atoms with Gasteiger partial charge in [-0.05, 0) is 36.8 Å². The average Bonchev–Trinajstić information content (AvgIpc) is 2.69. The zero-order valence-electron chi connectivity index (χ0n) is 15.1. The van der Waals surface area contributed by atoms with Gasteiger partial charge in [0.05, 0.1) is 12.1 Å². The minimum absolute atomic E-state index is 0.256. The van der Waals surface area contributed by atoms with Crippen LogP contribution >= 0.6 is 0 Å². The number of nitrogens with zero attached hydrogens (tertiary/aromatic N) is 3. The lowest BCUT2D eigenvalue weighted by molar-refractivity contribution is -0.121. The van der Waals surface area contributed by atoms with Gasteiger partial charge < -0.3 is 10.1 Å². The first-order valence-electron chi connectivity index (χ1n) is 8.54. The molecule has 0 spiro atoms. The minimum atomic E-state index is -0.755. The quantitative estimate of drug-likeness (QED) is 0.650. The molecule has 8 nitrogen and oxygen atoms in total. The third-order valence-corrected chi connectivity index (χ3v) is 4.13. The molecule has 0 saturated heterocycles. The highest BCUT2D eigenvalue weighted by molar-refractivity contribution is 5.78. The Morgan fingerprint density at radius 1 is 1.15 bits per heavy atom. The number of hydrogen-bond acceptors (Lipinski definition) is 5. The lowest BCUT2D eigenvalue weighted by Gasteiger charge is -2.12. The van der Waals surface area contributed by atoms with Gasteiger partial charge in [0.25, 0.3) is 0 Å². The van der Waals surface area contributed by atoms with E-state index in [1.807, 2.05) is 31.2 Å². The van der Waals surface area contributed by atoms with Crippen LogP contribution in [-0.2, 0) is 24.9 Å². The second kappa shape index (κ2) is 7.86. The third kappa shape index (κ3) is 3.89. The first kappa shape index (κ1) is 18.4. The molecule has 1 aromatic carbocycles. The molecule has 0 aliphatic carbocycles. The first-order chi connectivity index (χ1) is 13.0. The molecule has 140 valence electrons. The Balaban J connectivity index is 1.76. The summed E-state index contributed by atoms with van der Waals surface area (Å²) in [6, 6.07) is 10.7. The van der Waals surface area contributed by atoms with Crippen LogP contribution in [0.1, 0.15) is 12.5 Å². The summed E-state index contributed by atoms with van der Waals surface area (Å²) in [6.07, 6.45) is 1.53. The normalized spacial score (nSPS) is 10.7. The number of carbonyl (C=O) groups is 1. The number of aryl methyl sites for hydroxylation is 1. The van der Waals surface area contributed by atoms with Crippen LogP contribution in [0.2, 0.25) is 0 Å². The first-order valence-corrected chi connectivity index (χ1v) is 8.54. The number of nitrogens with one attached hydrogen (secondary N) is 1. The van der Waals surface area contributed by atoms with Crippen LogP contribution in [0.5, 0.6) is 5.75 Å². The lowest BCUT2D eigenvalue weighted by Crippen LogP contribution is -2.43. The Morgan fingerprint density at radius 3 is 2.59 bits per heavy atom. The summed E-state index contributed by atoms with van der Waals surface area (Å²) >= 11 is 0. The fraction of sp³-hybridized carbons (Fsp3) is 0.263. The number of hydrogen-bond donors (Lipinski definition) is 1. The number of fused-ring (bicyclic) bond motifs is 1. The molecule has 0 saturated carbocycles. The van der Waals surface area contributed by atoms with Crippen molar-refractivity contribution < 1.29 is 9.53 Å². The van der Waals surface area contributed by atoms with Crippen molar-refractivity contribution in [1.29, 1.82) is 0 Å². The van der Waals surface area contributed by atoms with Crippen molar-refractivity contribution in [3.05, 3.63) is 68.9 Å². The van der Waals surface area contributed by atoms with Crippen LogP contribution in [0.25, 0.3) is 11.2 Å². The van der Waals surface area contributed by atoms with Crippen LogP contribution < -0.4 is 21.2 Å². The van der Waals surface area contributed by atoms with Crippen molar-refractivity contribution in [2.75, 3.05) is 6.61 Å². The zero-order valence-corrected chi connectivity index (χ0v) is 15.1. The average molecular weight is 368 g/mol. The van der Waals surface area contributed by atoms with E-state index in [0.29, 0.717) is 24.3 Å². The molecule has 0 fully saturated rings. The number of pyridine rings is 1. The van der Waals surface area contributed by atoms with Crippen LogP contribution in [-0.4, -0.2) is 26.6 Å².